The van der Waals surface area contributed by atoms with Gasteiger partial charge in [0.15, 0.2) is 0 Å². The van der Waals surface area contributed by atoms with Gasteiger partial charge < -0.3 is 19.9 Å². The number of carbonyl (C=O) groups excluding carboxylic acids is 1. The van der Waals surface area contributed by atoms with E-state index in [9.17, 15) is 18.4 Å². The van der Waals surface area contributed by atoms with Crippen molar-refractivity contribution < 1.29 is 18.3 Å². The van der Waals surface area contributed by atoms with Gasteiger partial charge in [0.2, 0.25) is 0 Å². The largest absolute Gasteiger partial charge is 0.378 e. The summed E-state index contributed by atoms with van der Waals surface area (Å²) in [5.74, 6) is -1.95. The monoisotopic (exact) mass is 478 g/mol. The van der Waals surface area contributed by atoms with E-state index in [2.05, 4.69) is 10.3 Å². The summed E-state index contributed by atoms with van der Waals surface area (Å²) in [7, 11) is 0. The van der Waals surface area contributed by atoms with E-state index >= 15 is 0 Å². The van der Waals surface area contributed by atoms with Crippen LogP contribution in [0.3, 0.4) is 0 Å². The molecule has 2 aromatic heterocycles. The van der Waals surface area contributed by atoms with Gasteiger partial charge in [-0.05, 0) is 18.2 Å². The third-order valence-corrected chi connectivity index (χ3v) is 6.12. The summed E-state index contributed by atoms with van der Waals surface area (Å²) in [6, 6.07) is 4.83. The first kappa shape index (κ1) is 22.1. The Kier molecular flexibility index (Phi) is 6.35. The fourth-order valence-corrected chi connectivity index (χ4v) is 4.32. The number of aromatic nitrogens is 1. The van der Waals surface area contributed by atoms with Gasteiger partial charge in [-0.1, -0.05) is 17.7 Å². The second-order valence-electron chi connectivity index (χ2n) is 6.92. The maximum Gasteiger partial charge on any atom is 0.264 e. The Morgan fingerprint density at radius 2 is 1.91 bits per heavy atom. The number of H-pyrrole nitrogens is 1. The minimum absolute atomic E-state index is 0.0353. The molecule has 11 heteroatoms. The zero-order valence-corrected chi connectivity index (χ0v) is 18.1. The number of para-hydroxylation sites is 1. The van der Waals surface area contributed by atoms with Crippen molar-refractivity contribution in [2.75, 3.05) is 31.6 Å². The topological polar surface area (TPSA) is 98.3 Å². The zero-order valence-electron chi connectivity index (χ0n) is 16.5. The number of morpholine rings is 1. The molecule has 0 aliphatic carbocycles. The molecule has 3 heterocycles. The molecule has 166 valence electrons. The number of rotatable bonds is 5. The molecule has 1 amide bonds. The molecule has 1 aromatic carbocycles. The van der Waals surface area contributed by atoms with E-state index in [4.69, 9.17) is 21.7 Å². The smallest absolute Gasteiger partial charge is 0.264 e. The van der Waals surface area contributed by atoms with Crippen molar-refractivity contribution in [3.8, 4) is 0 Å². The van der Waals surface area contributed by atoms with Gasteiger partial charge in [-0.3, -0.25) is 15.0 Å². The van der Waals surface area contributed by atoms with Crippen LogP contribution in [0.1, 0.15) is 20.8 Å². The van der Waals surface area contributed by atoms with Gasteiger partial charge in [0.1, 0.15) is 17.3 Å². The predicted octanol–water partition coefficient (Wildman–Crippen LogP) is 4.00. The van der Waals surface area contributed by atoms with Gasteiger partial charge in [-0.2, -0.15) is 0 Å². The van der Waals surface area contributed by atoms with E-state index in [1.807, 2.05) is 0 Å². The van der Waals surface area contributed by atoms with Crippen LogP contribution in [0.25, 0.3) is 0 Å². The van der Waals surface area contributed by atoms with Crippen LogP contribution in [-0.2, 0) is 4.74 Å². The highest BCUT2D eigenvalue weighted by Crippen LogP contribution is 2.31. The average Bonchev–Trinajstić information content (AvgIpc) is 3.28. The van der Waals surface area contributed by atoms with Crippen molar-refractivity contribution >= 4 is 45.9 Å². The number of amides is 1. The Morgan fingerprint density at radius 3 is 2.59 bits per heavy atom. The maximum atomic E-state index is 14.2. The van der Waals surface area contributed by atoms with Crippen LogP contribution in [0.15, 0.2) is 40.6 Å². The highest BCUT2D eigenvalue weighted by Gasteiger charge is 2.24. The summed E-state index contributed by atoms with van der Waals surface area (Å²) in [6.07, 6.45) is 1.17. The van der Waals surface area contributed by atoms with Gasteiger partial charge in [-0.15, -0.1) is 11.3 Å². The summed E-state index contributed by atoms with van der Waals surface area (Å²) in [4.78, 5) is 29.8. The van der Waals surface area contributed by atoms with Crippen molar-refractivity contribution in [1.29, 1.82) is 5.41 Å². The summed E-state index contributed by atoms with van der Waals surface area (Å²) >= 11 is 7.34. The molecule has 4 rings (SSSR count). The van der Waals surface area contributed by atoms with Crippen molar-refractivity contribution in [2.24, 2.45) is 0 Å². The number of nitrogens with one attached hydrogen (secondary N) is 3. The van der Waals surface area contributed by atoms with Crippen molar-refractivity contribution in [1.82, 2.24) is 9.88 Å². The van der Waals surface area contributed by atoms with Crippen LogP contribution < -0.4 is 10.9 Å². The lowest BCUT2D eigenvalue weighted by Crippen LogP contribution is -2.40. The summed E-state index contributed by atoms with van der Waals surface area (Å²) in [5, 5.41) is 12.6. The molecule has 0 bridgehead atoms. The number of thiophene rings is 1. The second-order valence-corrected chi connectivity index (χ2v) is 8.24. The lowest BCUT2D eigenvalue weighted by Gasteiger charge is -2.26. The number of nitrogens with zero attached hydrogens (tertiary/aromatic N) is 1. The first-order valence-electron chi connectivity index (χ1n) is 9.54. The fourth-order valence-electron chi connectivity index (χ4n) is 3.26. The number of anilines is 2. The Labute approximate surface area is 190 Å². The molecule has 1 saturated heterocycles. The minimum Gasteiger partial charge on any atom is -0.378 e. The number of hydrogen-bond acceptors (Lipinski definition) is 6. The maximum absolute atomic E-state index is 14.2. The van der Waals surface area contributed by atoms with E-state index in [-0.39, 0.29) is 27.9 Å². The number of pyridine rings is 1. The van der Waals surface area contributed by atoms with Crippen LogP contribution in [-0.4, -0.2) is 47.8 Å². The third kappa shape index (κ3) is 4.29. The molecule has 7 nitrogen and oxygen atoms in total. The molecule has 3 N–H and O–H groups in total. The number of ether oxygens (including phenoxy) is 1. The van der Waals surface area contributed by atoms with Gasteiger partial charge in [0, 0.05) is 30.2 Å². The Bertz CT molecular complexity index is 1230. The molecule has 3 aromatic rings. The molecule has 0 unspecified atom stereocenters. The number of benzene rings is 1. The van der Waals surface area contributed by atoms with Crippen LogP contribution in [0.4, 0.5) is 20.2 Å². The van der Waals surface area contributed by atoms with Crippen LogP contribution in [0.5, 0.6) is 0 Å². The quantitative estimate of drug-likeness (QED) is 0.483. The predicted molar refractivity (Wildman–Crippen MR) is 119 cm³/mol. The van der Waals surface area contributed by atoms with Crippen LogP contribution in [0.2, 0.25) is 5.02 Å². The number of hydrogen-bond donors (Lipinski definition) is 3. The first-order chi connectivity index (χ1) is 15.4. The Hall–Kier alpha value is -3.08. The van der Waals surface area contributed by atoms with E-state index < -0.39 is 22.9 Å². The van der Waals surface area contributed by atoms with Crippen molar-refractivity contribution in [3.63, 3.8) is 0 Å². The summed E-state index contributed by atoms with van der Waals surface area (Å²) < 4.78 is 33.6. The van der Waals surface area contributed by atoms with Crippen LogP contribution >= 0.6 is 22.9 Å². The molecule has 0 atom stereocenters. The molecular weight excluding hydrogens is 462 g/mol. The van der Waals surface area contributed by atoms with E-state index in [1.54, 1.807) is 10.3 Å². The van der Waals surface area contributed by atoms with Gasteiger partial charge in [0.05, 0.1) is 40.1 Å². The molecule has 0 saturated carbocycles. The SMILES string of the molecule is N=C(c1csc(C(=O)N2CCOCC2)c1)c1c(Nc2c(F)cccc2F)c(Cl)c[nH]c1=O. The Morgan fingerprint density at radius 1 is 1.22 bits per heavy atom. The van der Waals surface area contributed by atoms with Crippen LogP contribution in [0, 0.1) is 17.0 Å². The van der Waals surface area contributed by atoms with E-state index in [0.717, 1.165) is 23.5 Å². The summed E-state index contributed by atoms with van der Waals surface area (Å²) in [6.45, 7) is 1.86. The van der Waals surface area contributed by atoms with Gasteiger partial charge in [0.25, 0.3) is 11.5 Å². The average molecular weight is 479 g/mol. The van der Waals surface area contributed by atoms with Gasteiger partial charge in [-0.25, -0.2) is 8.78 Å². The Balaban J connectivity index is 1.69. The normalized spacial score (nSPS) is 13.8. The summed E-state index contributed by atoms with van der Waals surface area (Å²) in [5.41, 5.74) is -1.44. The minimum atomic E-state index is -0.882. The number of carbonyl (C=O) groups is 1. The molecule has 32 heavy (non-hydrogen) atoms. The third-order valence-electron chi connectivity index (χ3n) is 4.91. The highest BCUT2D eigenvalue weighted by molar-refractivity contribution is 7.12. The molecule has 1 aliphatic heterocycles. The van der Waals surface area contributed by atoms with Crippen molar-refractivity contribution in [3.05, 3.63) is 78.9 Å². The number of halogens is 3. The molecule has 0 spiro atoms. The highest BCUT2D eigenvalue weighted by atomic mass is 35.5. The standard InChI is InChI=1S/C21H17ClF2N4O3S/c22-12-9-26-20(29)16(18(12)27-19-13(23)2-1-3-14(19)24)17(25)11-8-15(32-10-11)21(30)28-4-6-31-7-5-28/h1-3,8-10,25H,4-7H2,(H2,26,27,29). The van der Waals surface area contributed by atoms with E-state index in [0.29, 0.717) is 36.7 Å². The molecular formula is C21H17ClF2N4O3S. The van der Waals surface area contributed by atoms with Crippen molar-refractivity contribution in [2.45, 2.75) is 0 Å². The molecule has 0 radical (unpaired) electrons. The molecule has 1 aliphatic rings. The molecule has 1 fully saturated rings. The second kappa shape index (κ2) is 9.19. The lowest BCUT2D eigenvalue weighted by atomic mass is 10.0. The first-order valence-corrected chi connectivity index (χ1v) is 10.8. The zero-order chi connectivity index (χ0) is 22.8. The fraction of sp³-hybridized carbons (Fsp3) is 0.190. The lowest BCUT2D eigenvalue weighted by molar-refractivity contribution is 0.0306. The van der Waals surface area contributed by atoms with E-state index in [1.165, 1.54) is 18.3 Å². The van der Waals surface area contributed by atoms with Gasteiger partial charge >= 0.3 is 0 Å². The number of aromatic amines is 1.